The Bertz CT molecular complexity index is 708. The standard InChI is InChI=1S/C16H19N3O2S/c1-10(2)11-4-6-12(7-5-11)15(21)17-9-13-8-14(20)19-16(18-13)22-3/h4-8,10H,9H2,1-3H3,(H,17,21)(H,18,19,20). The molecule has 1 amide bonds. The van der Waals surface area contributed by atoms with Crippen molar-refractivity contribution in [1.82, 2.24) is 15.3 Å². The van der Waals surface area contributed by atoms with Crippen LogP contribution in [0.4, 0.5) is 0 Å². The fourth-order valence-corrected chi connectivity index (χ4v) is 2.37. The summed E-state index contributed by atoms with van der Waals surface area (Å²) in [6.07, 6.45) is 1.83. The summed E-state index contributed by atoms with van der Waals surface area (Å²) in [4.78, 5) is 30.4. The number of aromatic nitrogens is 2. The Morgan fingerprint density at radius 2 is 2.00 bits per heavy atom. The number of H-pyrrole nitrogens is 1. The lowest BCUT2D eigenvalue weighted by Gasteiger charge is -2.08. The smallest absolute Gasteiger partial charge is 0.251 e. The number of hydrogen-bond donors (Lipinski definition) is 2. The first kappa shape index (κ1) is 16.3. The second kappa shape index (κ2) is 7.26. The molecular formula is C16H19N3O2S. The summed E-state index contributed by atoms with van der Waals surface area (Å²) in [6.45, 7) is 4.44. The van der Waals surface area contributed by atoms with E-state index >= 15 is 0 Å². The molecule has 5 nitrogen and oxygen atoms in total. The van der Waals surface area contributed by atoms with Gasteiger partial charge in [0.1, 0.15) is 0 Å². The summed E-state index contributed by atoms with van der Waals surface area (Å²) in [7, 11) is 0. The Morgan fingerprint density at radius 1 is 1.32 bits per heavy atom. The Balaban J connectivity index is 2.03. The Kier molecular flexibility index (Phi) is 5.38. The monoisotopic (exact) mass is 317 g/mol. The summed E-state index contributed by atoms with van der Waals surface area (Å²) >= 11 is 1.35. The molecule has 0 fully saturated rings. The second-order valence-corrected chi connectivity index (χ2v) is 6.00. The Morgan fingerprint density at radius 3 is 2.59 bits per heavy atom. The van der Waals surface area contributed by atoms with Gasteiger partial charge in [-0.1, -0.05) is 37.7 Å². The van der Waals surface area contributed by atoms with E-state index in [1.54, 1.807) is 0 Å². The maximum absolute atomic E-state index is 12.1. The van der Waals surface area contributed by atoms with Crippen LogP contribution < -0.4 is 10.9 Å². The molecule has 0 spiro atoms. The molecule has 0 unspecified atom stereocenters. The number of carbonyl (C=O) groups excluding carboxylic acids is 1. The summed E-state index contributed by atoms with van der Waals surface area (Å²) in [5.41, 5.74) is 2.11. The van der Waals surface area contributed by atoms with E-state index < -0.39 is 0 Å². The van der Waals surface area contributed by atoms with Crippen molar-refractivity contribution in [3.63, 3.8) is 0 Å². The number of nitrogens with zero attached hydrogens (tertiary/aromatic N) is 1. The average Bonchev–Trinajstić information content (AvgIpc) is 2.52. The molecule has 0 aliphatic carbocycles. The van der Waals surface area contributed by atoms with Crippen molar-refractivity contribution in [2.45, 2.75) is 31.5 Å². The number of nitrogens with one attached hydrogen (secondary N) is 2. The highest BCUT2D eigenvalue weighted by molar-refractivity contribution is 7.98. The van der Waals surface area contributed by atoms with Gasteiger partial charge in [-0.3, -0.25) is 9.59 Å². The molecule has 22 heavy (non-hydrogen) atoms. The van der Waals surface area contributed by atoms with E-state index in [-0.39, 0.29) is 18.0 Å². The van der Waals surface area contributed by atoms with Gasteiger partial charge in [-0.15, -0.1) is 0 Å². The molecule has 2 N–H and O–H groups in total. The molecule has 0 bridgehead atoms. The highest BCUT2D eigenvalue weighted by atomic mass is 32.2. The topological polar surface area (TPSA) is 74.8 Å². The lowest BCUT2D eigenvalue weighted by molar-refractivity contribution is 0.0950. The Labute approximate surface area is 133 Å². The van der Waals surface area contributed by atoms with Crippen LogP contribution in [0.1, 0.15) is 41.4 Å². The van der Waals surface area contributed by atoms with Crippen molar-refractivity contribution in [3.05, 3.63) is 57.5 Å². The lowest BCUT2D eigenvalue weighted by Crippen LogP contribution is -2.24. The van der Waals surface area contributed by atoms with Gasteiger partial charge in [0.05, 0.1) is 12.2 Å². The number of benzene rings is 1. The van der Waals surface area contributed by atoms with E-state index in [2.05, 4.69) is 29.1 Å². The third-order valence-electron chi connectivity index (χ3n) is 3.24. The maximum atomic E-state index is 12.1. The molecule has 6 heteroatoms. The van der Waals surface area contributed by atoms with Gasteiger partial charge < -0.3 is 10.3 Å². The van der Waals surface area contributed by atoms with Gasteiger partial charge in [0, 0.05) is 11.6 Å². The van der Waals surface area contributed by atoms with Crippen LogP contribution in [0.5, 0.6) is 0 Å². The van der Waals surface area contributed by atoms with Crippen LogP contribution in [-0.4, -0.2) is 22.1 Å². The fourth-order valence-electron chi connectivity index (χ4n) is 1.96. The SMILES string of the molecule is CSc1nc(CNC(=O)c2ccc(C(C)C)cc2)cc(=O)[nH]1. The van der Waals surface area contributed by atoms with Gasteiger partial charge in [-0.25, -0.2) is 4.98 Å². The minimum Gasteiger partial charge on any atom is -0.346 e. The number of rotatable bonds is 5. The van der Waals surface area contributed by atoms with E-state index in [1.807, 2.05) is 30.5 Å². The van der Waals surface area contributed by atoms with Gasteiger partial charge in [-0.2, -0.15) is 0 Å². The zero-order valence-corrected chi connectivity index (χ0v) is 13.7. The summed E-state index contributed by atoms with van der Waals surface area (Å²) in [6, 6.07) is 8.92. The van der Waals surface area contributed by atoms with Crippen LogP contribution in [-0.2, 0) is 6.54 Å². The van der Waals surface area contributed by atoms with Crippen LogP contribution in [0.15, 0.2) is 40.3 Å². The molecular weight excluding hydrogens is 298 g/mol. The molecule has 0 aliphatic heterocycles. The second-order valence-electron chi connectivity index (χ2n) is 5.21. The first-order valence-corrected chi connectivity index (χ1v) is 8.24. The number of thioether (sulfide) groups is 1. The minimum absolute atomic E-state index is 0.178. The molecule has 1 aromatic heterocycles. The molecule has 0 aliphatic rings. The molecule has 116 valence electrons. The molecule has 0 radical (unpaired) electrons. The quantitative estimate of drug-likeness (QED) is 0.656. The highest BCUT2D eigenvalue weighted by Crippen LogP contribution is 2.14. The molecule has 0 saturated carbocycles. The van der Waals surface area contributed by atoms with E-state index in [0.717, 1.165) is 0 Å². The predicted molar refractivity (Wildman–Crippen MR) is 88.3 cm³/mol. The van der Waals surface area contributed by atoms with Gasteiger partial charge in [0.25, 0.3) is 11.5 Å². The molecule has 2 aromatic rings. The molecule has 1 heterocycles. The number of aromatic amines is 1. The van der Waals surface area contributed by atoms with Crippen molar-refractivity contribution >= 4 is 17.7 Å². The predicted octanol–water partition coefficient (Wildman–Crippen LogP) is 2.55. The van der Waals surface area contributed by atoms with Crippen molar-refractivity contribution in [2.24, 2.45) is 0 Å². The van der Waals surface area contributed by atoms with E-state index in [9.17, 15) is 9.59 Å². The van der Waals surface area contributed by atoms with Gasteiger partial charge in [0.15, 0.2) is 5.16 Å². The highest BCUT2D eigenvalue weighted by Gasteiger charge is 2.08. The van der Waals surface area contributed by atoms with Crippen LogP contribution in [0.3, 0.4) is 0 Å². The fraction of sp³-hybridized carbons (Fsp3) is 0.312. The maximum Gasteiger partial charge on any atom is 0.251 e. The number of amides is 1. The first-order valence-electron chi connectivity index (χ1n) is 7.02. The summed E-state index contributed by atoms with van der Waals surface area (Å²) in [5.74, 6) is 0.255. The van der Waals surface area contributed by atoms with Crippen LogP contribution in [0, 0.1) is 0 Å². The van der Waals surface area contributed by atoms with Crippen molar-refractivity contribution in [1.29, 1.82) is 0 Å². The van der Waals surface area contributed by atoms with Crippen LogP contribution >= 0.6 is 11.8 Å². The number of carbonyl (C=O) groups is 1. The van der Waals surface area contributed by atoms with Crippen molar-refractivity contribution in [2.75, 3.05) is 6.26 Å². The average molecular weight is 317 g/mol. The van der Waals surface area contributed by atoms with E-state index in [0.29, 0.717) is 22.3 Å². The van der Waals surface area contributed by atoms with Gasteiger partial charge >= 0.3 is 0 Å². The third-order valence-corrected chi connectivity index (χ3v) is 3.82. The third kappa shape index (κ3) is 4.21. The summed E-state index contributed by atoms with van der Waals surface area (Å²) in [5, 5.41) is 3.32. The first-order chi connectivity index (χ1) is 10.5. The van der Waals surface area contributed by atoms with Gasteiger partial charge in [0.2, 0.25) is 0 Å². The Hall–Kier alpha value is -2.08. The van der Waals surface area contributed by atoms with Crippen LogP contribution in [0.2, 0.25) is 0 Å². The summed E-state index contributed by atoms with van der Waals surface area (Å²) < 4.78 is 0. The van der Waals surface area contributed by atoms with Crippen molar-refractivity contribution in [3.8, 4) is 0 Å². The van der Waals surface area contributed by atoms with Crippen molar-refractivity contribution < 1.29 is 4.79 Å². The van der Waals surface area contributed by atoms with E-state index in [4.69, 9.17) is 0 Å². The molecule has 0 atom stereocenters. The van der Waals surface area contributed by atoms with E-state index in [1.165, 1.54) is 23.4 Å². The molecule has 0 saturated heterocycles. The van der Waals surface area contributed by atoms with Gasteiger partial charge in [-0.05, 0) is 29.9 Å². The largest absolute Gasteiger partial charge is 0.346 e. The zero-order valence-electron chi connectivity index (χ0n) is 12.8. The normalized spacial score (nSPS) is 10.7. The number of hydrogen-bond acceptors (Lipinski definition) is 4. The lowest BCUT2D eigenvalue weighted by atomic mass is 10.0. The zero-order chi connectivity index (χ0) is 16.1. The minimum atomic E-state index is -0.218. The van der Waals surface area contributed by atoms with Crippen LogP contribution in [0.25, 0.3) is 0 Å². The molecule has 1 aromatic carbocycles. The molecule has 2 rings (SSSR count).